The van der Waals surface area contributed by atoms with Crippen molar-refractivity contribution in [2.24, 2.45) is 0 Å². The van der Waals surface area contributed by atoms with Crippen LogP contribution in [0.4, 0.5) is 8.78 Å². The number of hydrogen-bond donors (Lipinski definition) is 1. The highest BCUT2D eigenvalue weighted by Crippen LogP contribution is 2.27. The summed E-state index contributed by atoms with van der Waals surface area (Å²) in [5.74, 6) is 0. The van der Waals surface area contributed by atoms with Crippen molar-refractivity contribution in [1.29, 1.82) is 0 Å². The lowest BCUT2D eigenvalue weighted by Gasteiger charge is -2.25. The quantitative estimate of drug-likeness (QED) is 0.793. The van der Waals surface area contributed by atoms with Gasteiger partial charge in [-0.2, -0.15) is 0 Å². The molecule has 0 fully saturated rings. The fourth-order valence-corrected chi connectivity index (χ4v) is 3.18. The third-order valence-corrected chi connectivity index (χ3v) is 5.35. The number of aromatic nitrogens is 2. The average molecular weight is 394 g/mol. The second kappa shape index (κ2) is 6.43. The molecule has 0 bridgehead atoms. The van der Waals surface area contributed by atoms with Gasteiger partial charge in [-0.05, 0) is 49.7 Å². The van der Waals surface area contributed by atoms with E-state index in [9.17, 15) is 13.3 Å². The first kappa shape index (κ1) is 17.7. The van der Waals surface area contributed by atoms with Crippen LogP contribution in [0.25, 0.3) is 5.65 Å². The molecule has 4 nitrogen and oxygen atoms in total. The topological polar surface area (TPSA) is 52.4 Å². The maximum Gasteiger partial charge on any atom is 0.265 e. The van der Waals surface area contributed by atoms with Crippen molar-refractivity contribution in [3.63, 3.8) is 0 Å². The van der Waals surface area contributed by atoms with Crippen molar-refractivity contribution >= 4 is 32.9 Å². The summed E-state index contributed by atoms with van der Waals surface area (Å²) in [7, 11) is 0. The maximum atomic E-state index is 12.8. The van der Waals surface area contributed by atoms with E-state index in [-0.39, 0.29) is 11.6 Å². The highest BCUT2D eigenvalue weighted by Gasteiger charge is 2.29. The molecule has 2 rings (SSSR count). The van der Waals surface area contributed by atoms with Gasteiger partial charge in [-0.1, -0.05) is 0 Å². The van der Waals surface area contributed by atoms with Crippen LogP contribution in [-0.4, -0.2) is 18.7 Å². The van der Waals surface area contributed by atoms with E-state index >= 15 is 0 Å². The number of pyridine rings is 1. The first-order valence-corrected chi connectivity index (χ1v) is 8.68. The Bertz CT molecular complexity index is 672. The Hall–Kier alpha value is -0.700. The van der Waals surface area contributed by atoms with E-state index in [1.807, 2.05) is 27.7 Å². The summed E-state index contributed by atoms with van der Waals surface area (Å²) in [5, 5.41) is 0. The van der Waals surface area contributed by atoms with Crippen molar-refractivity contribution in [3.8, 4) is 0 Å². The molecule has 1 N–H and O–H groups in total. The van der Waals surface area contributed by atoms with Gasteiger partial charge in [0.05, 0.1) is 16.2 Å². The number of halogens is 3. The highest BCUT2D eigenvalue weighted by molar-refractivity contribution is 9.10. The Morgan fingerprint density at radius 3 is 2.55 bits per heavy atom. The average Bonchev–Trinajstić information content (AvgIpc) is 2.81. The van der Waals surface area contributed by atoms with Crippen LogP contribution in [0.2, 0.25) is 0 Å². The Kier molecular flexibility index (Phi) is 5.16. The van der Waals surface area contributed by atoms with Crippen LogP contribution < -0.4 is 4.72 Å². The van der Waals surface area contributed by atoms with E-state index in [4.69, 9.17) is 0 Å². The van der Waals surface area contributed by atoms with Crippen molar-refractivity contribution in [1.82, 2.24) is 14.1 Å². The van der Waals surface area contributed by atoms with Gasteiger partial charge >= 0.3 is 0 Å². The summed E-state index contributed by atoms with van der Waals surface area (Å²) < 4.78 is 42.5. The zero-order valence-electron chi connectivity index (χ0n) is 12.7. The molecule has 0 saturated carbocycles. The summed E-state index contributed by atoms with van der Waals surface area (Å²) in [6.07, 6.45) is 0.480. The van der Waals surface area contributed by atoms with Crippen LogP contribution in [0, 0.1) is 0 Å². The monoisotopic (exact) mass is 393 g/mol. The zero-order chi connectivity index (χ0) is 16.7. The second-order valence-corrected chi connectivity index (χ2v) is 8.89. The molecule has 0 aliphatic heterocycles. The van der Waals surface area contributed by atoms with Gasteiger partial charge < -0.3 is 8.95 Å². The summed E-state index contributed by atoms with van der Waals surface area (Å²) in [4.78, 5) is 4.42. The summed E-state index contributed by atoms with van der Waals surface area (Å²) in [6, 6.07) is 1.10. The smallest absolute Gasteiger partial charge is 0.265 e. The van der Waals surface area contributed by atoms with E-state index in [2.05, 4.69) is 25.6 Å². The number of fused-ring (bicyclic) bond motifs is 1. The Labute approximate surface area is 139 Å². The van der Waals surface area contributed by atoms with Crippen LogP contribution in [-0.2, 0) is 11.4 Å². The lowest BCUT2D eigenvalue weighted by Crippen LogP contribution is -2.40. The van der Waals surface area contributed by atoms with Crippen LogP contribution in [0.3, 0.4) is 0 Å². The number of rotatable bonds is 4. The first-order valence-electron chi connectivity index (χ1n) is 6.74. The van der Waals surface area contributed by atoms with E-state index in [0.717, 1.165) is 0 Å². The standard InChI is InChI=1S/C14H18BrF2N3OS/c1-8(19-22(21)14(2,3)4)11-7-20-6-9(12(16)17)5-10(15)13(20)18-11/h5-8,12,19H,1-4H3/t8-,22?/m1/s1. The molecule has 2 heterocycles. The molecule has 0 aliphatic rings. The Morgan fingerprint density at radius 2 is 2.00 bits per heavy atom. The molecule has 2 atom stereocenters. The van der Waals surface area contributed by atoms with Gasteiger partial charge in [0, 0.05) is 29.3 Å². The number of hydrogen-bond acceptors (Lipinski definition) is 3. The summed E-state index contributed by atoms with van der Waals surface area (Å²) in [6.45, 7) is 7.46. The van der Waals surface area contributed by atoms with Crippen molar-refractivity contribution < 1.29 is 13.3 Å². The zero-order valence-corrected chi connectivity index (χ0v) is 15.1. The molecule has 0 radical (unpaired) electrons. The molecule has 0 amide bonds. The molecule has 0 aromatic carbocycles. The molecular formula is C14H18BrF2N3OS. The number of nitrogens with one attached hydrogen (secondary N) is 1. The lowest BCUT2D eigenvalue weighted by atomic mass is 10.3. The van der Waals surface area contributed by atoms with E-state index in [1.165, 1.54) is 12.3 Å². The fraction of sp³-hybridized carbons (Fsp3) is 0.500. The molecule has 122 valence electrons. The lowest BCUT2D eigenvalue weighted by molar-refractivity contribution is 0.151. The van der Waals surface area contributed by atoms with Crippen molar-refractivity contribution in [3.05, 3.63) is 34.2 Å². The van der Waals surface area contributed by atoms with Gasteiger partial charge in [-0.3, -0.25) is 0 Å². The van der Waals surface area contributed by atoms with Crippen LogP contribution >= 0.6 is 15.9 Å². The van der Waals surface area contributed by atoms with Gasteiger partial charge in [-0.15, -0.1) is 4.72 Å². The van der Waals surface area contributed by atoms with E-state index < -0.39 is 22.5 Å². The van der Waals surface area contributed by atoms with Crippen molar-refractivity contribution in [2.45, 2.75) is 44.9 Å². The van der Waals surface area contributed by atoms with E-state index in [0.29, 0.717) is 15.8 Å². The van der Waals surface area contributed by atoms with Gasteiger partial charge in [0.1, 0.15) is 4.75 Å². The summed E-state index contributed by atoms with van der Waals surface area (Å²) in [5.41, 5.74) is 1.11. The number of alkyl halides is 2. The van der Waals surface area contributed by atoms with Crippen LogP contribution in [0.1, 0.15) is 51.4 Å². The molecule has 22 heavy (non-hydrogen) atoms. The van der Waals surface area contributed by atoms with Crippen molar-refractivity contribution in [2.75, 3.05) is 0 Å². The fourth-order valence-electron chi connectivity index (χ4n) is 1.82. The SMILES string of the molecule is C[C@@H](N[S+]([O-])C(C)(C)C)c1cn2cc(C(F)F)cc(Br)c2n1. The molecular weight excluding hydrogens is 376 g/mol. The normalized spacial score (nSPS) is 15.5. The molecule has 2 aromatic rings. The predicted octanol–water partition coefficient (Wildman–Crippen LogP) is 4.15. The Balaban J connectivity index is 2.31. The van der Waals surface area contributed by atoms with Gasteiger partial charge in [-0.25, -0.2) is 13.8 Å². The molecule has 0 spiro atoms. The third-order valence-electron chi connectivity index (χ3n) is 3.08. The van der Waals surface area contributed by atoms with Gasteiger partial charge in [0.25, 0.3) is 6.43 Å². The third kappa shape index (κ3) is 3.79. The maximum absolute atomic E-state index is 12.8. The number of imidazole rings is 1. The van der Waals surface area contributed by atoms with Gasteiger partial charge in [0.15, 0.2) is 5.65 Å². The minimum absolute atomic E-state index is 0.0813. The highest BCUT2D eigenvalue weighted by atomic mass is 79.9. The second-order valence-electron chi connectivity index (χ2n) is 6.04. The van der Waals surface area contributed by atoms with Gasteiger partial charge in [0.2, 0.25) is 0 Å². The Morgan fingerprint density at radius 1 is 1.36 bits per heavy atom. The minimum Gasteiger partial charge on any atom is -0.598 e. The van der Waals surface area contributed by atoms with Crippen LogP contribution in [0.15, 0.2) is 22.9 Å². The molecule has 0 aliphatic carbocycles. The minimum atomic E-state index is -2.55. The first-order chi connectivity index (χ1) is 10.1. The molecule has 2 aromatic heterocycles. The molecule has 0 saturated heterocycles. The van der Waals surface area contributed by atoms with E-state index in [1.54, 1.807) is 10.6 Å². The predicted molar refractivity (Wildman–Crippen MR) is 87.3 cm³/mol. The largest absolute Gasteiger partial charge is 0.598 e. The molecule has 8 heteroatoms. The van der Waals surface area contributed by atoms with Crippen LogP contribution in [0.5, 0.6) is 0 Å². The summed E-state index contributed by atoms with van der Waals surface area (Å²) >= 11 is 2.03. The molecule has 1 unspecified atom stereocenters. The number of nitrogens with zero attached hydrogens (tertiary/aromatic N) is 2.